The van der Waals surface area contributed by atoms with Crippen molar-refractivity contribution in [2.75, 3.05) is 0 Å². The number of hydrogen-bond acceptors (Lipinski definition) is 8. The van der Waals surface area contributed by atoms with Gasteiger partial charge in [-0.05, 0) is 48.3 Å². The van der Waals surface area contributed by atoms with Gasteiger partial charge in [-0.2, -0.15) is 4.98 Å². The Balaban J connectivity index is 1.62. The van der Waals surface area contributed by atoms with E-state index < -0.39 is 0 Å². The van der Waals surface area contributed by atoms with Gasteiger partial charge >= 0.3 is 0 Å². The van der Waals surface area contributed by atoms with Gasteiger partial charge in [0.2, 0.25) is 11.7 Å². The summed E-state index contributed by atoms with van der Waals surface area (Å²) in [6.45, 7) is 6.52. The maximum absolute atomic E-state index is 12.9. The minimum absolute atomic E-state index is 0.0153. The van der Waals surface area contributed by atoms with Crippen molar-refractivity contribution >= 4 is 60.6 Å². The van der Waals surface area contributed by atoms with Gasteiger partial charge in [0.25, 0.3) is 5.56 Å². The first-order chi connectivity index (χ1) is 13.0. The Labute approximate surface area is 175 Å². The van der Waals surface area contributed by atoms with Crippen LogP contribution in [0.2, 0.25) is 0 Å². The van der Waals surface area contributed by atoms with Crippen LogP contribution >= 0.6 is 50.4 Å². The van der Waals surface area contributed by atoms with E-state index in [0.717, 1.165) is 30.0 Å². The molecule has 4 heterocycles. The van der Waals surface area contributed by atoms with Crippen molar-refractivity contribution in [1.29, 1.82) is 0 Å². The SMILES string of the molecule is CCn1c(SCc2nc(-c3cc(Br)cs3)no2)nc2sc(C)c(C)c2c1=O. The molecule has 4 rings (SSSR count). The molecule has 0 spiro atoms. The van der Waals surface area contributed by atoms with Crippen LogP contribution in [-0.2, 0) is 12.3 Å². The molecule has 0 saturated carbocycles. The van der Waals surface area contributed by atoms with E-state index in [1.807, 2.05) is 32.2 Å². The molecule has 10 heteroatoms. The van der Waals surface area contributed by atoms with E-state index in [0.29, 0.717) is 29.2 Å². The molecule has 0 bridgehead atoms. The van der Waals surface area contributed by atoms with Crippen LogP contribution in [0.15, 0.2) is 30.4 Å². The molecular weight excluding hydrogens is 468 g/mol. The fraction of sp³-hybridized carbons (Fsp3) is 0.294. The van der Waals surface area contributed by atoms with Crippen molar-refractivity contribution in [1.82, 2.24) is 19.7 Å². The summed E-state index contributed by atoms with van der Waals surface area (Å²) in [5.74, 6) is 1.54. The van der Waals surface area contributed by atoms with Crippen molar-refractivity contribution in [3.8, 4) is 10.7 Å². The van der Waals surface area contributed by atoms with E-state index in [2.05, 4.69) is 26.1 Å². The van der Waals surface area contributed by atoms with Gasteiger partial charge in [0, 0.05) is 21.3 Å². The predicted molar refractivity (Wildman–Crippen MR) is 114 cm³/mol. The van der Waals surface area contributed by atoms with Crippen LogP contribution < -0.4 is 5.56 Å². The van der Waals surface area contributed by atoms with Gasteiger partial charge in [-0.3, -0.25) is 9.36 Å². The van der Waals surface area contributed by atoms with Crippen molar-refractivity contribution in [3.63, 3.8) is 0 Å². The highest BCUT2D eigenvalue weighted by molar-refractivity contribution is 9.10. The second kappa shape index (κ2) is 7.50. The van der Waals surface area contributed by atoms with Crippen LogP contribution in [0, 0.1) is 13.8 Å². The number of aromatic nitrogens is 4. The van der Waals surface area contributed by atoms with Crippen molar-refractivity contribution in [3.05, 3.63) is 42.6 Å². The van der Waals surface area contributed by atoms with Crippen molar-refractivity contribution < 1.29 is 4.52 Å². The molecule has 6 nitrogen and oxygen atoms in total. The highest BCUT2D eigenvalue weighted by atomic mass is 79.9. The third kappa shape index (κ3) is 3.51. The molecule has 0 unspecified atom stereocenters. The van der Waals surface area contributed by atoms with Crippen molar-refractivity contribution in [2.24, 2.45) is 0 Å². The van der Waals surface area contributed by atoms with Crippen molar-refractivity contribution in [2.45, 2.75) is 38.2 Å². The number of hydrogen-bond donors (Lipinski definition) is 0. The van der Waals surface area contributed by atoms with Crippen LogP contribution in [0.4, 0.5) is 0 Å². The first kappa shape index (κ1) is 18.9. The zero-order chi connectivity index (χ0) is 19.1. The van der Waals surface area contributed by atoms with Gasteiger partial charge in [0.15, 0.2) is 5.16 Å². The molecule has 0 atom stereocenters. The number of nitrogens with zero attached hydrogens (tertiary/aromatic N) is 4. The van der Waals surface area contributed by atoms with Crippen LogP contribution in [0.25, 0.3) is 20.9 Å². The molecule has 4 aromatic rings. The Morgan fingerprint density at radius 3 is 2.85 bits per heavy atom. The molecule has 0 fully saturated rings. The number of fused-ring (bicyclic) bond motifs is 1. The zero-order valence-corrected chi connectivity index (χ0v) is 18.8. The molecule has 0 N–H and O–H groups in total. The fourth-order valence-corrected chi connectivity index (χ4v) is 5.99. The molecule has 0 aliphatic carbocycles. The summed E-state index contributed by atoms with van der Waals surface area (Å²) in [4.78, 5) is 24.9. The number of aryl methyl sites for hydroxylation is 2. The second-order valence-electron chi connectivity index (χ2n) is 5.84. The minimum Gasteiger partial charge on any atom is -0.338 e. The molecule has 27 heavy (non-hydrogen) atoms. The van der Waals surface area contributed by atoms with Crippen LogP contribution in [-0.4, -0.2) is 19.7 Å². The number of halogens is 1. The normalized spacial score (nSPS) is 11.6. The van der Waals surface area contributed by atoms with E-state index in [-0.39, 0.29) is 5.56 Å². The zero-order valence-electron chi connectivity index (χ0n) is 14.8. The van der Waals surface area contributed by atoms with Crippen LogP contribution in [0.3, 0.4) is 0 Å². The van der Waals surface area contributed by atoms with Gasteiger partial charge < -0.3 is 4.52 Å². The Bertz CT molecular complexity index is 1190. The Morgan fingerprint density at radius 2 is 2.15 bits per heavy atom. The lowest BCUT2D eigenvalue weighted by Gasteiger charge is -2.08. The average Bonchev–Trinajstić information content (AvgIpc) is 3.33. The Morgan fingerprint density at radius 1 is 1.33 bits per heavy atom. The number of rotatable bonds is 5. The van der Waals surface area contributed by atoms with Gasteiger partial charge in [-0.25, -0.2) is 4.98 Å². The lowest BCUT2D eigenvalue weighted by atomic mass is 10.2. The third-order valence-electron chi connectivity index (χ3n) is 4.15. The largest absolute Gasteiger partial charge is 0.338 e. The second-order valence-corrected chi connectivity index (χ2v) is 9.81. The number of thioether (sulfide) groups is 1. The number of thiophene rings is 2. The van der Waals surface area contributed by atoms with E-state index in [1.165, 1.54) is 11.8 Å². The summed E-state index contributed by atoms with van der Waals surface area (Å²) in [7, 11) is 0. The predicted octanol–water partition coefficient (Wildman–Crippen LogP) is 5.26. The highest BCUT2D eigenvalue weighted by Crippen LogP contribution is 2.31. The Hall–Kier alpha value is -1.49. The van der Waals surface area contributed by atoms with Crippen LogP contribution in [0.5, 0.6) is 0 Å². The molecule has 140 valence electrons. The minimum atomic E-state index is 0.0153. The van der Waals surface area contributed by atoms with E-state index in [4.69, 9.17) is 9.51 Å². The molecular formula is C17H15BrN4O2S3. The molecule has 0 radical (unpaired) electrons. The molecule has 0 aromatic carbocycles. The van der Waals surface area contributed by atoms with Gasteiger partial charge in [0.1, 0.15) is 4.83 Å². The van der Waals surface area contributed by atoms with E-state index in [1.54, 1.807) is 27.2 Å². The van der Waals surface area contributed by atoms with E-state index >= 15 is 0 Å². The summed E-state index contributed by atoms with van der Waals surface area (Å²) in [5.41, 5.74) is 1.04. The average molecular weight is 483 g/mol. The van der Waals surface area contributed by atoms with Crippen LogP contribution in [0.1, 0.15) is 23.3 Å². The monoisotopic (exact) mass is 482 g/mol. The summed E-state index contributed by atoms with van der Waals surface area (Å²) >= 11 is 7.97. The van der Waals surface area contributed by atoms with Gasteiger partial charge in [-0.1, -0.05) is 16.9 Å². The lowest BCUT2D eigenvalue weighted by molar-refractivity contribution is 0.391. The molecule has 0 amide bonds. The standard InChI is InChI=1S/C17H15BrN4O2S3/c1-4-22-16(23)13-8(2)9(3)27-15(13)20-17(22)26-7-12-19-14(21-24-12)11-5-10(18)6-25-11/h5-6H,4,7H2,1-3H3. The van der Waals surface area contributed by atoms with Gasteiger partial charge in [0.05, 0.1) is 16.0 Å². The highest BCUT2D eigenvalue weighted by Gasteiger charge is 2.17. The maximum atomic E-state index is 12.9. The molecule has 0 aliphatic heterocycles. The van der Waals surface area contributed by atoms with Gasteiger partial charge in [-0.15, -0.1) is 22.7 Å². The Kier molecular flexibility index (Phi) is 5.23. The first-order valence-corrected chi connectivity index (χ1v) is 11.7. The maximum Gasteiger partial charge on any atom is 0.263 e. The summed E-state index contributed by atoms with van der Waals surface area (Å²) in [6.07, 6.45) is 0. The quantitative estimate of drug-likeness (QED) is 0.285. The topological polar surface area (TPSA) is 73.8 Å². The first-order valence-electron chi connectivity index (χ1n) is 8.18. The summed E-state index contributed by atoms with van der Waals surface area (Å²) < 4.78 is 8.06. The summed E-state index contributed by atoms with van der Waals surface area (Å²) in [5, 5.41) is 7.42. The summed E-state index contributed by atoms with van der Waals surface area (Å²) in [6, 6.07) is 1.96. The fourth-order valence-electron chi connectivity index (χ4n) is 2.67. The molecule has 0 saturated heterocycles. The van der Waals surface area contributed by atoms with E-state index in [9.17, 15) is 4.79 Å². The smallest absolute Gasteiger partial charge is 0.263 e. The lowest BCUT2D eigenvalue weighted by Crippen LogP contribution is -2.22. The molecule has 0 aliphatic rings. The molecule has 4 aromatic heterocycles. The third-order valence-corrected chi connectivity index (χ3v) is 7.90.